The van der Waals surface area contributed by atoms with Crippen LogP contribution >= 0.6 is 0 Å². The number of carbonyl (C=O) groups excluding carboxylic acids is 2. The minimum atomic E-state index is -5.34. The first kappa shape index (κ1) is 21.2. The molecule has 2 aliphatic rings. The second-order valence-electron chi connectivity index (χ2n) is 8.14. The molecule has 0 amide bonds. The SMILES string of the molecule is COC(=O)[C@@H]1[C@@H](c2ccc(O)cc2)C2=C(CC(C)(C)CC2=O)O[C@@]1(O)C(F)(F)F. The van der Waals surface area contributed by atoms with E-state index in [9.17, 15) is 33.0 Å². The van der Waals surface area contributed by atoms with E-state index in [-0.39, 0.29) is 35.5 Å². The summed E-state index contributed by atoms with van der Waals surface area (Å²) in [6.45, 7) is 3.40. The van der Waals surface area contributed by atoms with E-state index in [1.165, 1.54) is 24.3 Å². The summed E-state index contributed by atoms with van der Waals surface area (Å²) < 4.78 is 51.4. The average Bonchev–Trinajstić information content (AvgIpc) is 2.58. The third kappa shape index (κ3) is 3.48. The number of esters is 1. The van der Waals surface area contributed by atoms with Gasteiger partial charge in [0.25, 0.3) is 0 Å². The van der Waals surface area contributed by atoms with E-state index < -0.39 is 41.0 Å². The number of ether oxygens (including phenoxy) is 2. The molecular formula is C20H21F3O6. The van der Waals surface area contributed by atoms with Gasteiger partial charge in [-0.1, -0.05) is 26.0 Å². The molecule has 0 spiro atoms. The standard InChI is InChI=1S/C20H21F3O6/c1-18(2)8-12(25)15-13(9-18)29-19(27,20(21,22)23)16(17(26)28-3)14(15)10-4-6-11(24)7-5-10/h4-7,14,16,24,27H,8-9H2,1-3H3/t14-,16-,19+/m0/s1. The summed E-state index contributed by atoms with van der Waals surface area (Å²) in [6, 6.07) is 5.05. The Balaban J connectivity index is 2.31. The van der Waals surface area contributed by atoms with Crippen molar-refractivity contribution in [3.05, 3.63) is 41.2 Å². The lowest BCUT2D eigenvalue weighted by atomic mass is 9.66. The molecule has 0 bridgehead atoms. The fourth-order valence-electron chi connectivity index (χ4n) is 4.06. The van der Waals surface area contributed by atoms with Gasteiger partial charge in [-0.05, 0) is 23.1 Å². The number of ketones is 1. The molecule has 0 saturated heterocycles. The maximum absolute atomic E-state index is 13.9. The highest BCUT2D eigenvalue weighted by Crippen LogP contribution is 2.56. The van der Waals surface area contributed by atoms with E-state index in [0.717, 1.165) is 7.11 Å². The topological polar surface area (TPSA) is 93.1 Å². The summed E-state index contributed by atoms with van der Waals surface area (Å²) in [4.78, 5) is 25.4. The number of Topliss-reactive ketones (excluding diaryl/α,β-unsaturated/α-hetero) is 1. The number of benzene rings is 1. The van der Waals surface area contributed by atoms with Crippen molar-refractivity contribution in [2.75, 3.05) is 7.11 Å². The molecule has 9 heteroatoms. The smallest absolute Gasteiger partial charge is 0.456 e. The number of allylic oxidation sites excluding steroid dienone is 2. The Labute approximate surface area is 164 Å². The molecule has 29 heavy (non-hydrogen) atoms. The second kappa shape index (κ2) is 6.76. The monoisotopic (exact) mass is 414 g/mol. The van der Waals surface area contributed by atoms with Crippen molar-refractivity contribution < 1.29 is 42.4 Å². The lowest BCUT2D eigenvalue weighted by Crippen LogP contribution is -2.61. The molecule has 158 valence electrons. The number of aliphatic hydroxyl groups is 1. The van der Waals surface area contributed by atoms with Gasteiger partial charge in [0.1, 0.15) is 17.4 Å². The van der Waals surface area contributed by atoms with E-state index >= 15 is 0 Å². The molecule has 1 aromatic carbocycles. The first-order valence-corrected chi connectivity index (χ1v) is 8.92. The van der Waals surface area contributed by atoms with Crippen molar-refractivity contribution >= 4 is 11.8 Å². The predicted octanol–water partition coefficient (Wildman–Crippen LogP) is 3.19. The Morgan fingerprint density at radius 3 is 2.31 bits per heavy atom. The summed E-state index contributed by atoms with van der Waals surface area (Å²) in [7, 11) is 0.892. The third-order valence-electron chi connectivity index (χ3n) is 5.34. The lowest BCUT2D eigenvalue weighted by molar-refractivity contribution is -0.378. The Morgan fingerprint density at radius 2 is 1.79 bits per heavy atom. The number of carbonyl (C=O) groups is 2. The number of hydrogen-bond acceptors (Lipinski definition) is 6. The van der Waals surface area contributed by atoms with Crippen LogP contribution in [0.4, 0.5) is 13.2 Å². The van der Waals surface area contributed by atoms with Crippen LogP contribution in [-0.4, -0.2) is 41.0 Å². The van der Waals surface area contributed by atoms with Gasteiger partial charge < -0.3 is 19.7 Å². The minimum Gasteiger partial charge on any atom is -0.508 e. The number of rotatable bonds is 2. The maximum atomic E-state index is 13.9. The molecule has 6 nitrogen and oxygen atoms in total. The molecule has 0 unspecified atom stereocenters. The molecule has 2 N–H and O–H groups in total. The van der Waals surface area contributed by atoms with Crippen LogP contribution in [0.2, 0.25) is 0 Å². The van der Waals surface area contributed by atoms with Crippen molar-refractivity contribution in [3.63, 3.8) is 0 Å². The molecule has 3 atom stereocenters. The van der Waals surface area contributed by atoms with Crippen molar-refractivity contribution in [2.45, 2.75) is 44.6 Å². The molecule has 1 heterocycles. The highest BCUT2D eigenvalue weighted by molar-refractivity contribution is 6.00. The van der Waals surface area contributed by atoms with Crippen molar-refractivity contribution in [3.8, 4) is 5.75 Å². The van der Waals surface area contributed by atoms with Crippen LogP contribution in [0.25, 0.3) is 0 Å². The van der Waals surface area contributed by atoms with Crippen LogP contribution in [0, 0.1) is 11.3 Å². The molecule has 1 aliphatic heterocycles. The Morgan fingerprint density at radius 1 is 1.21 bits per heavy atom. The minimum absolute atomic E-state index is 0.0189. The summed E-state index contributed by atoms with van der Waals surface area (Å²) in [5, 5.41) is 20.1. The molecule has 0 aromatic heterocycles. The van der Waals surface area contributed by atoms with Gasteiger partial charge in [-0.15, -0.1) is 0 Å². The lowest BCUT2D eigenvalue weighted by Gasteiger charge is -2.47. The number of methoxy groups -OCH3 is 1. The molecule has 0 fully saturated rings. The number of phenolic OH excluding ortho intramolecular Hbond substituents is 1. The first-order valence-electron chi connectivity index (χ1n) is 8.92. The summed E-state index contributed by atoms with van der Waals surface area (Å²) in [5.41, 5.74) is -0.621. The summed E-state index contributed by atoms with van der Waals surface area (Å²) >= 11 is 0. The number of phenols is 1. The molecule has 1 aromatic rings. The van der Waals surface area contributed by atoms with Gasteiger partial charge in [0.05, 0.1) is 7.11 Å². The molecule has 0 radical (unpaired) electrons. The second-order valence-corrected chi connectivity index (χ2v) is 8.14. The number of hydrogen-bond donors (Lipinski definition) is 2. The van der Waals surface area contributed by atoms with Crippen LogP contribution in [0.5, 0.6) is 5.75 Å². The summed E-state index contributed by atoms with van der Waals surface area (Å²) in [6.07, 6.45) is -5.32. The Hall–Kier alpha value is -2.55. The van der Waals surface area contributed by atoms with Gasteiger partial charge in [0.2, 0.25) is 0 Å². The van der Waals surface area contributed by atoms with Crippen LogP contribution in [0.15, 0.2) is 35.6 Å². The fraction of sp³-hybridized carbons (Fsp3) is 0.500. The average molecular weight is 414 g/mol. The fourth-order valence-corrected chi connectivity index (χ4v) is 4.06. The third-order valence-corrected chi connectivity index (χ3v) is 5.34. The number of aromatic hydroxyl groups is 1. The van der Waals surface area contributed by atoms with Gasteiger partial charge in [0.15, 0.2) is 5.78 Å². The van der Waals surface area contributed by atoms with Gasteiger partial charge in [-0.3, -0.25) is 9.59 Å². The van der Waals surface area contributed by atoms with E-state index in [4.69, 9.17) is 4.74 Å². The Bertz CT molecular complexity index is 871. The Kier molecular flexibility index (Phi) is 4.93. The van der Waals surface area contributed by atoms with E-state index in [2.05, 4.69) is 4.74 Å². The van der Waals surface area contributed by atoms with Crippen LogP contribution in [0.3, 0.4) is 0 Å². The van der Waals surface area contributed by atoms with E-state index in [1.54, 1.807) is 13.8 Å². The highest BCUT2D eigenvalue weighted by atomic mass is 19.4. The molecule has 3 rings (SSSR count). The zero-order chi connectivity index (χ0) is 21.8. The highest BCUT2D eigenvalue weighted by Gasteiger charge is 2.70. The zero-order valence-electron chi connectivity index (χ0n) is 16.0. The maximum Gasteiger partial charge on any atom is 0.456 e. The normalized spacial score (nSPS) is 29.1. The van der Waals surface area contributed by atoms with E-state index in [1.807, 2.05) is 0 Å². The van der Waals surface area contributed by atoms with Crippen molar-refractivity contribution in [2.24, 2.45) is 11.3 Å². The first-order chi connectivity index (χ1) is 13.3. The van der Waals surface area contributed by atoms with Crippen LogP contribution in [-0.2, 0) is 19.1 Å². The molecule has 0 saturated carbocycles. The van der Waals surface area contributed by atoms with Gasteiger partial charge in [-0.2, -0.15) is 13.2 Å². The van der Waals surface area contributed by atoms with Crippen LogP contribution in [0.1, 0.15) is 38.2 Å². The predicted molar refractivity (Wildman–Crippen MR) is 93.5 cm³/mol. The number of alkyl halides is 3. The van der Waals surface area contributed by atoms with Gasteiger partial charge >= 0.3 is 17.9 Å². The molecular weight excluding hydrogens is 393 g/mol. The van der Waals surface area contributed by atoms with E-state index in [0.29, 0.717) is 0 Å². The quantitative estimate of drug-likeness (QED) is 0.722. The van der Waals surface area contributed by atoms with Gasteiger partial charge in [-0.25, -0.2) is 0 Å². The van der Waals surface area contributed by atoms with Gasteiger partial charge in [0, 0.05) is 24.3 Å². The van der Waals surface area contributed by atoms with Crippen molar-refractivity contribution in [1.82, 2.24) is 0 Å². The molecule has 1 aliphatic carbocycles. The van der Waals surface area contributed by atoms with Crippen molar-refractivity contribution in [1.29, 1.82) is 0 Å². The zero-order valence-corrected chi connectivity index (χ0v) is 16.0. The summed E-state index contributed by atoms with van der Waals surface area (Å²) in [5.74, 6) is -9.87. The largest absolute Gasteiger partial charge is 0.508 e. The number of halogens is 3. The van der Waals surface area contributed by atoms with Crippen LogP contribution < -0.4 is 0 Å².